The second-order valence-electron chi connectivity index (χ2n) is 5.74. The van der Waals surface area contributed by atoms with Gasteiger partial charge >= 0.3 is 0 Å². The zero-order chi connectivity index (χ0) is 15.5. The molecule has 21 heavy (non-hydrogen) atoms. The van der Waals surface area contributed by atoms with Crippen molar-refractivity contribution in [3.63, 3.8) is 0 Å². The summed E-state index contributed by atoms with van der Waals surface area (Å²) in [5, 5.41) is 10.1. The van der Waals surface area contributed by atoms with Gasteiger partial charge in [0.2, 0.25) is 5.91 Å². The average molecular weight is 300 g/mol. The van der Waals surface area contributed by atoms with Crippen molar-refractivity contribution >= 4 is 12.4 Å². The summed E-state index contributed by atoms with van der Waals surface area (Å²) in [5.74, 6) is 0.193. The maximum atomic E-state index is 12.0. The topological polar surface area (TPSA) is 78.9 Å². The molecule has 6 nitrogen and oxygen atoms in total. The predicted molar refractivity (Wildman–Crippen MR) is 80.2 cm³/mol. The highest BCUT2D eigenvalue weighted by Crippen LogP contribution is 2.17. The van der Waals surface area contributed by atoms with Crippen molar-refractivity contribution < 1.29 is 19.4 Å². The molecule has 122 valence electrons. The van der Waals surface area contributed by atoms with Gasteiger partial charge in [0.25, 0.3) is 6.47 Å². The Hall–Kier alpha value is -1.14. The number of carbonyl (C=O) groups excluding carboxylic acids is 1. The summed E-state index contributed by atoms with van der Waals surface area (Å²) < 4.78 is 5.32. The van der Waals surface area contributed by atoms with Crippen LogP contribution in [0.5, 0.6) is 0 Å². The number of nitrogens with one attached hydrogen (secondary N) is 1. The molecule has 1 saturated carbocycles. The summed E-state index contributed by atoms with van der Waals surface area (Å²) in [7, 11) is 1.75. The Morgan fingerprint density at radius 1 is 1.29 bits per heavy atom. The predicted octanol–water partition coefficient (Wildman–Crippen LogP) is 1.25. The van der Waals surface area contributed by atoms with Gasteiger partial charge in [-0.15, -0.1) is 0 Å². The van der Waals surface area contributed by atoms with E-state index in [0.717, 1.165) is 32.4 Å². The first-order valence-corrected chi connectivity index (χ1v) is 7.82. The fraction of sp³-hybridized carbons (Fsp3) is 0.867. The normalized spacial score (nSPS) is 23.8. The van der Waals surface area contributed by atoms with E-state index in [-0.39, 0.29) is 12.4 Å². The van der Waals surface area contributed by atoms with Crippen LogP contribution in [-0.4, -0.2) is 61.3 Å². The lowest BCUT2D eigenvalue weighted by Gasteiger charge is -2.19. The van der Waals surface area contributed by atoms with Crippen molar-refractivity contribution in [2.24, 2.45) is 0 Å². The Kier molecular flexibility index (Phi) is 9.01. The Labute approximate surface area is 126 Å². The summed E-state index contributed by atoms with van der Waals surface area (Å²) in [6.45, 7) is 2.17. The van der Waals surface area contributed by atoms with Crippen LogP contribution < -0.4 is 5.32 Å². The molecule has 1 heterocycles. The number of ether oxygens (including phenoxy) is 1. The van der Waals surface area contributed by atoms with Gasteiger partial charge in [-0.05, 0) is 19.3 Å². The quantitative estimate of drug-likeness (QED) is 0.603. The van der Waals surface area contributed by atoms with Gasteiger partial charge in [0.1, 0.15) is 0 Å². The fourth-order valence-corrected chi connectivity index (χ4v) is 3.03. The third-order valence-electron chi connectivity index (χ3n) is 4.15. The molecule has 0 spiro atoms. The number of carbonyl (C=O) groups is 2. The molecule has 2 rings (SSSR count). The van der Waals surface area contributed by atoms with E-state index < -0.39 is 0 Å². The van der Waals surface area contributed by atoms with Gasteiger partial charge in [0.15, 0.2) is 0 Å². The molecule has 2 fully saturated rings. The van der Waals surface area contributed by atoms with Crippen LogP contribution in [0.25, 0.3) is 0 Å². The minimum Gasteiger partial charge on any atom is -0.483 e. The summed E-state index contributed by atoms with van der Waals surface area (Å²) in [6.07, 6.45) is 8.87. The van der Waals surface area contributed by atoms with Gasteiger partial charge in [0.05, 0.1) is 12.6 Å². The molecule has 1 aliphatic carbocycles. The van der Waals surface area contributed by atoms with Gasteiger partial charge in [-0.3, -0.25) is 14.5 Å². The second-order valence-corrected chi connectivity index (χ2v) is 5.74. The fourth-order valence-electron chi connectivity index (χ4n) is 3.03. The van der Waals surface area contributed by atoms with Crippen LogP contribution in [-0.2, 0) is 14.3 Å². The van der Waals surface area contributed by atoms with Gasteiger partial charge < -0.3 is 15.2 Å². The Morgan fingerprint density at radius 2 is 1.90 bits per heavy atom. The Balaban J connectivity index is 0.000000677. The molecular weight excluding hydrogens is 272 g/mol. The van der Waals surface area contributed by atoms with Crippen molar-refractivity contribution in [2.75, 3.05) is 26.7 Å². The molecule has 1 aliphatic heterocycles. The van der Waals surface area contributed by atoms with Gasteiger partial charge in [-0.25, -0.2) is 0 Å². The molecular formula is C15H28N2O4. The van der Waals surface area contributed by atoms with Crippen LogP contribution >= 0.6 is 0 Å². The monoisotopic (exact) mass is 300 g/mol. The lowest BCUT2D eigenvalue weighted by atomic mass is 10.1. The molecule has 0 aromatic rings. The van der Waals surface area contributed by atoms with Crippen LogP contribution in [0.3, 0.4) is 0 Å². The molecule has 0 aromatic carbocycles. The number of amides is 1. The highest BCUT2D eigenvalue weighted by molar-refractivity contribution is 5.78. The van der Waals surface area contributed by atoms with Crippen molar-refractivity contribution in [2.45, 2.75) is 57.1 Å². The largest absolute Gasteiger partial charge is 0.483 e. The number of carboxylic acid groups (broad SMARTS) is 1. The number of rotatable bonds is 4. The summed E-state index contributed by atoms with van der Waals surface area (Å²) >= 11 is 0. The van der Waals surface area contributed by atoms with Gasteiger partial charge in [-0.2, -0.15) is 0 Å². The third kappa shape index (κ3) is 7.43. The van der Waals surface area contributed by atoms with Crippen molar-refractivity contribution in [3.05, 3.63) is 0 Å². The van der Waals surface area contributed by atoms with Gasteiger partial charge in [0, 0.05) is 26.2 Å². The minimum absolute atomic E-state index is 0.193. The standard InChI is InChI=1S/C14H26N2O2.CH2O2/c1-18-13-8-9-16(10-13)11-14(17)15-12-6-4-2-3-5-7-12;2-1-3/h12-13H,2-11H2,1H3,(H,15,17);1H,(H,2,3). The van der Waals surface area contributed by atoms with E-state index in [1.807, 2.05) is 0 Å². The van der Waals surface area contributed by atoms with E-state index >= 15 is 0 Å². The molecule has 1 unspecified atom stereocenters. The Morgan fingerprint density at radius 3 is 2.43 bits per heavy atom. The molecule has 1 saturated heterocycles. The zero-order valence-corrected chi connectivity index (χ0v) is 12.9. The summed E-state index contributed by atoms with van der Waals surface area (Å²) in [6, 6.07) is 0.417. The van der Waals surface area contributed by atoms with E-state index in [1.165, 1.54) is 25.7 Å². The van der Waals surface area contributed by atoms with Crippen LogP contribution in [0.2, 0.25) is 0 Å². The SMILES string of the molecule is COC1CCN(CC(=O)NC2CCCCCC2)C1.O=CO. The number of nitrogens with zero attached hydrogens (tertiary/aromatic N) is 1. The first-order valence-electron chi connectivity index (χ1n) is 7.82. The lowest BCUT2D eigenvalue weighted by molar-refractivity contribution is -0.123. The molecule has 0 radical (unpaired) electrons. The molecule has 1 atom stereocenters. The molecule has 1 amide bonds. The van der Waals surface area contributed by atoms with Crippen molar-refractivity contribution in [1.29, 1.82) is 0 Å². The van der Waals surface area contributed by atoms with E-state index in [9.17, 15) is 4.79 Å². The first-order chi connectivity index (χ1) is 10.2. The lowest BCUT2D eigenvalue weighted by Crippen LogP contribution is -2.41. The number of hydrogen-bond donors (Lipinski definition) is 2. The van der Waals surface area contributed by atoms with Gasteiger partial charge in [-0.1, -0.05) is 25.7 Å². The average Bonchev–Trinajstić information content (AvgIpc) is 2.75. The van der Waals surface area contributed by atoms with Crippen molar-refractivity contribution in [1.82, 2.24) is 10.2 Å². The maximum absolute atomic E-state index is 12.0. The Bertz CT molecular complexity index is 304. The van der Waals surface area contributed by atoms with E-state index in [4.69, 9.17) is 14.6 Å². The summed E-state index contributed by atoms with van der Waals surface area (Å²) in [5.41, 5.74) is 0. The third-order valence-corrected chi connectivity index (χ3v) is 4.15. The van der Waals surface area contributed by atoms with Crippen LogP contribution in [0, 0.1) is 0 Å². The van der Waals surface area contributed by atoms with Crippen LogP contribution in [0.1, 0.15) is 44.9 Å². The zero-order valence-electron chi connectivity index (χ0n) is 12.9. The maximum Gasteiger partial charge on any atom is 0.290 e. The first kappa shape index (κ1) is 17.9. The second kappa shape index (κ2) is 10.6. The molecule has 2 N–H and O–H groups in total. The minimum atomic E-state index is -0.250. The van der Waals surface area contributed by atoms with Crippen LogP contribution in [0.15, 0.2) is 0 Å². The molecule has 0 aromatic heterocycles. The highest BCUT2D eigenvalue weighted by Gasteiger charge is 2.24. The molecule has 0 bridgehead atoms. The smallest absolute Gasteiger partial charge is 0.290 e. The van der Waals surface area contributed by atoms with Crippen LogP contribution in [0.4, 0.5) is 0 Å². The number of hydrogen-bond acceptors (Lipinski definition) is 4. The number of likely N-dealkylation sites (tertiary alicyclic amines) is 1. The number of methoxy groups -OCH3 is 1. The van der Waals surface area contributed by atoms with E-state index in [2.05, 4.69) is 10.2 Å². The van der Waals surface area contributed by atoms with Crippen molar-refractivity contribution in [3.8, 4) is 0 Å². The highest BCUT2D eigenvalue weighted by atomic mass is 16.5. The van der Waals surface area contributed by atoms with E-state index in [1.54, 1.807) is 7.11 Å². The molecule has 2 aliphatic rings. The van der Waals surface area contributed by atoms with E-state index in [0.29, 0.717) is 18.7 Å². The summed E-state index contributed by atoms with van der Waals surface area (Å²) in [4.78, 5) is 22.5. The molecule has 6 heteroatoms.